The number of fused-ring (bicyclic) bond motifs is 6. The van der Waals surface area contributed by atoms with Crippen LogP contribution in [0.5, 0.6) is 11.5 Å². The molecule has 1 aliphatic heterocycles. The molecule has 0 unspecified atom stereocenters. The van der Waals surface area contributed by atoms with Gasteiger partial charge in [0.1, 0.15) is 11.5 Å². The summed E-state index contributed by atoms with van der Waals surface area (Å²) in [6.07, 6.45) is 4.93. The smallest absolute Gasteiger partial charge is 0.131 e. The molecule has 0 aliphatic carbocycles. The maximum absolute atomic E-state index is 6.43. The molecule has 0 N–H and O–H groups in total. The Hall–Kier alpha value is -2.80. The van der Waals surface area contributed by atoms with E-state index in [-0.39, 0.29) is 0 Å². The first kappa shape index (κ1) is 16.4. The minimum absolute atomic E-state index is 0.382. The van der Waals surface area contributed by atoms with Gasteiger partial charge in [-0.2, -0.15) is 0 Å². The third kappa shape index (κ3) is 2.70. The van der Waals surface area contributed by atoms with Crippen LogP contribution in [0.15, 0.2) is 72.8 Å². The summed E-state index contributed by atoms with van der Waals surface area (Å²) < 4.78 is 6.43. The van der Waals surface area contributed by atoms with Crippen LogP contribution in [-0.4, -0.2) is 0 Å². The SMILES string of the molecule is CCCCCC1c2c(ccc3ccccc23)Oc2ccc3ccccc3c21. The van der Waals surface area contributed by atoms with Crippen molar-refractivity contribution in [1.82, 2.24) is 0 Å². The van der Waals surface area contributed by atoms with Gasteiger partial charge in [0, 0.05) is 17.0 Å². The van der Waals surface area contributed by atoms with Crippen molar-refractivity contribution < 1.29 is 4.74 Å². The second kappa shape index (κ2) is 6.74. The van der Waals surface area contributed by atoms with E-state index in [1.165, 1.54) is 58.4 Å². The lowest BCUT2D eigenvalue weighted by Gasteiger charge is -2.31. The van der Waals surface area contributed by atoms with E-state index in [9.17, 15) is 0 Å². The molecule has 0 radical (unpaired) electrons. The van der Waals surface area contributed by atoms with E-state index in [2.05, 4.69) is 79.7 Å². The van der Waals surface area contributed by atoms with E-state index >= 15 is 0 Å². The zero-order valence-corrected chi connectivity index (χ0v) is 15.7. The quantitative estimate of drug-likeness (QED) is 0.340. The van der Waals surface area contributed by atoms with Crippen LogP contribution in [0.25, 0.3) is 21.5 Å². The van der Waals surface area contributed by atoms with Crippen LogP contribution in [0.4, 0.5) is 0 Å². The van der Waals surface area contributed by atoms with Gasteiger partial charge in [0.15, 0.2) is 0 Å². The molecule has 4 aromatic rings. The summed E-state index contributed by atoms with van der Waals surface area (Å²) in [6.45, 7) is 2.27. The van der Waals surface area contributed by atoms with Crippen molar-refractivity contribution in [1.29, 1.82) is 0 Å². The lowest BCUT2D eigenvalue weighted by molar-refractivity contribution is 0.441. The zero-order chi connectivity index (χ0) is 18.2. The second-order valence-corrected chi connectivity index (χ2v) is 7.55. The molecule has 0 aromatic heterocycles. The van der Waals surface area contributed by atoms with Gasteiger partial charge in [0.2, 0.25) is 0 Å². The molecule has 27 heavy (non-hydrogen) atoms. The number of ether oxygens (including phenoxy) is 1. The van der Waals surface area contributed by atoms with Crippen molar-refractivity contribution >= 4 is 21.5 Å². The van der Waals surface area contributed by atoms with Crippen LogP contribution in [0.2, 0.25) is 0 Å². The molecule has 0 bridgehead atoms. The largest absolute Gasteiger partial charge is 0.457 e. The van der Waals surface area contributed by atoms with Gasteiger partial charge in [0.05, 0.1) is 0 Å². The van der Waals surface area contributed by atoms with Crippen LogP contribution in [-0.2, 0) is 0 Å². The molecule has 5 rings (SSSR count). The first-order valence-electron chi connectivity index (χ1n) is 10.1. The molecule has 0 spiro atoms. The predicted octanol–water partition coefficient (Wildman–Crippen LogP) is 7.81. The molecule has 0 atom stereocenters. The Bertz CT molecular complexity index is 1040. The lowest BCUT2D eigenvalue weighted by Crippen LogP contribution is -2.12. The Balaban J connectivity index is 1.77. The monoisotopic (exact) mass is 352 g/mol. The highest BCUT2D eigenvalue weighted by Gasteiger charge is 2.30. The summed E-state index contributed by atoms with van der Waals surface area (Å²) in [4.78, 5) is 0. The van der Waals surface area contributed by atoms with Gasteiger partial charge in [-0.05, 0) is 40.1 Å². The molecule has 1 aliphatic rings. The Morgan fingerprint density at radius 1 is 0.667 bits per heavy atom. The molecule has 0 fully saturated rings. The minimum atomic E-state index is 0.382. The van der Waals surface area contributed by atoms with Crippen molar-refractivity contribution in [3.05, 3.63) is 83.9 Å². The maximum Gasteiger partial charge on any atom is 0.131 e. The number of rotatable bonds is 4. The molecule has 134 valence electrons. The Morgan fingerprint density at radius 2 is 1.22 bits per heavy atom. The molecule has 1 nitrogen and oxygen atoms in total. The fraction of sp³-hybridized carbons (Fsp3) is 0.231. The summed E-state index contributed by atoms with van der Waals surface area (Å²) in [5.74, 6) is 2.43. The van der Waals surface area contributed by atoms with Crippen LogP contribution >= 0.6 is 0 Å². The average Bonchev–Trinajstić information content (AvgIpc) is 2.73. The van der Waals surface area contributed by atoms with Gasteiger partial charge in [-0.15, -0.1) is 0 Å². The second-order valence-electron chi connectivity index (χ2n) is 7.55. The number of hydrogen-bond donors (Lipinski definition) is 0. The molecule has 4 aromatic carbocycles. The summed E-state index contributed by atoms with van der Waals surface area (Å²) in [7, 11) is 0. The van der Waals surface area contributed by atoms with Crippen LogP contribution in [0.1, 0.15) is 49.7 Å². The first-order valence-corrected chi connectivity index (χ1v) is 10.1. The zero-order valence-electron chi connectivity index (χ0n) is 15.7. The van der Waals surface area contributed by atoms with Crippen molar-refractivity contribution in [2.45, 2.75) is 38.5 Å². The Labute approximate surface area is 160 Å². The Morgan fingerprint density at radius 3 is 1.78 bits per heavy atom. The molecular weight excluding hydrogens is 328 g/mol. The highest BCUT2D eigenvalue weighted by molar-refractivity contribution is 5.94. The van der Waals surface area contributed by atoms with Gasteiger partial charge < -0.3 is 4.74 Å². The van der Waals surface area contributed by atoms with E-state index in [0.717, 1.165) is 11.5 Å². The molecule has 0 saturated heterocycles. The molecule has 0 saturated carbocycles. The first-order chi connectivity index (χ1) is 13.4. The summed E-state index contributed by atoms with van der Waals surface area (Å²) >= 11 is 0. The van der Waals surface area contributed by atoms with Crippen molar-refractivity contribution in [3.63, 3.8) is 0 Å². The molecule has 0 amide bonds. The number of benzene rings is 4. The minimum Gasteiger partial charge on any atom is -0.457 e. The number of unbranched alkanes of at least 4 members (excludes halogenated alkanes) is 2. The predicted molar refractivity (Wildman–Crippen MR) is 114 cm³/mol. The van der Waals surface area contributed by atoms with E-state index in [1.807, 2.05) is 0 Å². The third-order valence-corrected chi connectivity index (χ3v) is 5.87. The summed E-state index contributed by atoms with van der Waals surface area (Å²) in [5, 5.41) is 5.25. The molecular formula is C26H24O. The van der Waals surface area contributed by atoms with Gasteiger partial charge in [-0.1, -0.05) is 86.8 Å². The highest BCUT2D eigenvalue weighted by atomic mass is 16.5. The summed E-state index contributed by atoms with van der Waals surface area (Å²) in [5.41, 5.74) is 2.74. The van der Waals surface area contributed by atoms with Gasteiger partial charge in [-0.3, -0.25) is 0 Å². The number of hydrogen-bond acceptors (Lipinski definition) is 1. The lowest BCUT2D eigenvalue weighted by atomic mass is 9.80. The Kier molecular flexibility index (Phi) is 4.09. The third-order valence-electron chi connectivity index (χ3n) is 5.87. The topological polar surface area (TPSA) is 9.23 Å². The van der Waals surface area contributed by atoms with E-state index in [0.29, 0.717) is 5.92 Å². The van der Waals surface area contributed by atoms with Gasteiger partial charge >= 0.3 is 0 Å². The van der Waals surface area contributed by atoms with Crippen molar-refractivity contribution in [2.75, 3.05) is 0 Å². The van der Waals surface area contributed by atoms with Gasteiger partial charge in [0.25, 0.3) is 0 Å². The standard InChI is InChI=1S/C26H24O/c1-2-3-4-13-22-25-20-11-7-5-9-18(20)14-16-23(25)27-24-17-15-19-10-6-8-12-21(19)26(22)24/h5-12,14-17,22H,2-4,13H2,1H3. The average molecular weight is 352 g/mol. The van der Waals surface area contributed by atoms with Crippen LogP contribution in [0, 0.1) is 0 Å². The van der Waals surface area contributed by atoms with Crippen LogP contribution < -0.4 is 4.74 Å². The fourth-order valence-electron chi connectivity index (χ4n) is 4.60. The fourth-order valence-corrected chi connectivity index (χ4v) is 4.60. The van der Waals surface area contributed by atoms with E-state index < -0.39 is 0 Å². The van der Waals surface area contributed by atoms with E-state index in [1.54, 1.807) is 0 Å². The molecule has 1 heteroatoms. The van der Waals surface area contributed by atoms with Crippen molar-refractivity contribution in [2.24, 2.45) is 0 Å². The van der Waals surface area contributed by atoms with Crippen LogP contribution in [0.3, 0.4) is 0 Å². The summed E-state index contributed by atoms with van der Waals surface area (Å²) in [6, 6.07) is 26.1. The maximum atomic E-state index is 6.43. The highest BCUT2D eigenvalue weighted by Crippen LogP contribution is 2.51. The normalized spacial score (nSPS) is 13.4. The molecule has 1 heterocycles. The van der Waals surface area contributed by atoms with Gasteiger partial charge in [-0.25, -0.2) is 0 Å². The van der Waals surface area contributed by atoms with E-state index in [4.69, 9.17) is 4.74 Å². The van der Waals surface area contributed by atoms with Crippen molar-refractivity contribution in [3.8, 4) is 11.5 Å².